The van der Waals surface area contributed by atoms with E-state index in [2.05, 4.69) is 16.5 Å². The van der Waals surface area contributed by atoms with Gasteiger partial charge in [0.05, 0.1) is 17.8 Å². The molecule has 2 aromatic rings. The number of aryl methyl sites for hydroxylation is 1. The summed E-state index contributed by atoms with van der Waals surface area (Å²) in [5, 5.41) is 16.6. The molecule has 30 heavy (non-hydrogen) atoms. The van der Waals surface area contributed by atoms with Gasteiger partial charge < -0.3 is 10.4 Å². The Morgan fingerprint density at radius 2 is 1.87 bits per heavy atom. The van der Waals surface area contributed by atoms with Crippen molar-refractivity contribution in [1.29, 1.82) is 0 Å². The Hall–Kier alpha value is -2.96. The first-order valence-electron chi connectivity index (χ1n) is 10.1. The highest BCUT2D eigenvalue weighted by atomic mass is 19.1. The van der Waals surface area contributed by atoms with Crippen LogP contribution in [0.5, 0.6) is 0 Å². The van der Waals surface area contributed by atoms with Crippen molar-refractivity contribution in [3.8, 4) is 5.69 Å². The van der Waals surface area contributed by atoms with Crippen molar-refractivity contribution >= 4 is 11.9 Å². The molecule has 0 fully saturated rings. The molecule has 1 heterocycles. The Kier molecular flexibility index (Phi) is 6.10. The number of nitrogens with one attached hydrogen (secondary N) is 1. The standard InChI is InChI=1S/C23H28FN3O3/c1-14-22(15(2)27(26-14)19-9-6-17(24)7-10-19)16-5-8-18(11-16)25-20(28)12-23(3,4)13-21(29)30/h5-10,16,18H,11-13H2,1-4H3,(H,25,28)(H,29,30)/t16-,18-/m1/s1. The molecule has 1 aromatic heterocycles. The highest BCUT2D eigenvalue weighted by molar-refractivity contribution is 5.78. The van der Waals surface area contributed by atoms with Crippen LogP contribution in [0.25, 0.3) is 5.69 Å². The van der Waals surface area contributed by atoms with E-state index < -0.39 is 11.4 Å². The number of hydrogen-bond acceptors (Lipinski definition) is 3. The van der Waals surface area contributed by atoms with E-state index in [1.165, 1.54) is 12.1 Å². The highest BCUT2D eigenvalue weighted by Crippen LogP contribution is 2.34. The lowest BCUT2D eigenvalue weighted by molar-refractivity contribution is -0.139. The van der Waals surface area contributed by atoms with E-state index in [4.69, 9.17) is 5.11 Å². The number of nitrogens with zero attached hydrogens (tertiary/aromatic N) is 2. The van der Waals surface area contributed by atoms with Gasteiger partial charge in [-0.2, -0.15) is 5.10 Å². The molecule has 0 saturated carbocycles. The first-order valence-corrected chi connectivity index (χ1v) is 10.1. The van der Waals surface area contributed by atoms with Gasteiger partial charge in [-0.25, -0.2) is 9.07 Å². The van der Waals surface area contributed by atoms with Gasteiger partial charge in [-0.3, -0.25) is 9.59 Å². The van der Waals surface area contributed by atoms with Crippen LogP contribution in [0.4, 0.5) is 4.39 Å². The van der Waals surface area contributed by atoms with Gasteiger partial charge in [-0.1, -0.05) is 26.0 Å². The number of carboxylic acids is 1. The summed E-state index contributed by atoms with van der Waals surface area (Å²) in [5.41, 5.74) is 3.21. The molecule has 0 saturated heterocycles. The molecule has 1 aliphatic carbocycles. The maximum Gasteiger partial charge on any atom is 0.303 e. The zero-order chi connectivity index (χ0) is 22.1. The van der Waals surface area contributed by atoms with Crippen LogP contribution in [0.15, 0.2) is 36.4 Å². The summed E-state index contributed by atoms with van der Waals surface area (Å²) < 4.78 is 15.1. The molecular weight excluding hydrogens is 385 g/mol. The summed E-state index contributed by atoms with van der Waals surface area (Å²) in [6.07, 6.45) is 4.90. The minimum Gasteiger partial charge on any atom is -0.481 e. The Bertz CT molecular complexity index is 976. The van der Waals surface area contributed by atoms with E-state index in [0.717, 1.165) is 29.1 Å². The number of benzene rings is 1. The third-order valence-corrected chi connectivity index (χ3v) is 5.49. The Morgan fingerprint density at radius 3 is 2.50 bits per heavy atom. The average molecular weight is 413 g/mol. The highest BCUT2D eigenvalue weighted by Gasteiger charge is 2.29. The van der Waals surface area contributed by atoms with Crippen molar-refractivity contribution in [2.75, 3.05) is 0 Å². The second-order valence-electron chi connectivity index (χ2n) is 8.79. The minimum atomic E-state index is -0.905. The van der Waals surface area contributed by atoms with Crippen molar-refractivity contribution in [3.63, 3.8) is 0 Å². The van der Waals surface area contributed by atoms with Crippen LogP contribution >= 0.6 is 0 Å². The van der Waals surface area contributed by atoms with E-state index >= 15 is 0 Å². The Morgan fingerprint density at radius 1 is 1.20 bits per heavy atom. The number of allylic oxidation sites excluding steroid dienone is 1. The van der Waals surface area contributed by atoms with Gasteiger partial charge in [0.25, 0.3) is 0 Å². The molecule has 160 valence electrons. The number of carboxylic acid groups (broad SMARTS) is 1. The van der Waals surface area contributed by atoms with Crippen LogP contribution in [0.2, 0.25) is 0 Å². The number of amides is 1. The molecular formula is C23H28FN3O3. The van der Waals surface area contributed by atoms with Crippen LogP contribution in [0.3, 0.4) is 0 Å². The van der Waals surface area contributed by atoms with E-state index in [1.807, 2.05) is 24.6 Å². The van der Waals surface area contributed by atoms with Gasteiger partial charge in [0.1, 0.15) is 5.82 Å². The molecule has 2 atom stereocenters. The molecule has 2 N–H and O–H groups in total. The number of carbonyl (C=O) groups is 2. The summed E-state index contributed by atoms with van der Waals surface area (Å²) >= 11 is 0. The monoisotopic (exact) mass is 413 g/mol. The van der Waals surface area contributed by atoms with Gasteiger partial charge in [-0.05, 0) is 49.9 Å². The molecule has 1 amide bonds. The fraction of sp³-hybridized carbons (Fsp3) is 0.435. The van der Waals surface area contributed by atoms with Crippen LogP contribution in [0, 0.1) is 25.1 Å². The first-order chi connectivity index (χ1) is 14.1. The molecule has 1 aromatic carbocycles. The van der Waals surface area contributed by atoms with Crippen molar-refractivity contribution in [1.82, 2.24) is 15.1 Å². The van der Waals surface area contributed by atoms with Crippen molar-refractivity contribution in [2.45, 2.75) is 58.9 Å². The third kappa shape index (κ3) is 4.96. The maximum atomic E-state index is 13.2. The lowest BCUT2D eigenvalue weighted by atomic mass is 9.85. The molecule has 0 spiro atoms. The van der Waals surface area contributed by atoms with Gasteiger partial charge in [-0.15, -0.1) is 0 Å². The minimum absolute atomic E-state index is 0.0511. The van der Waals surface area contributed by atoms with E-state index in [0.29, 0.717) is 0 Å². The Labute approximate surface area is 175 Å². The number of rotatable bonds is 7. The number of halogens is 1. The SMILES string of the molecule is Cc1nn(-c2ccc(F)cc2)c(C)c1[C@@H]1C=C[C@@H](NC(=O)CC(C)(C)CC(=O)O)C1. The largest absolute Gasteiger partial charge is 0.481 e. The normalized spacial score (nSPS) is 18.6. The molecule has 1 aliphatic rings. The zero-order valence-corrected chi connectivity index (χ0v) is 17.8. The Balaban J connectivity index is 1.67. The number of hydrogen-bond donors (Lipinski definition) is 2. The number of aromatic nitrogens is 2. The summed E-state index contributed by atoms with van der Waals surface area (Å²) in [6.45, 7) is 7.51. The van der Waals surface area contributed by atoms with Crippen molar-refractivity contribution in [2.24, 2.45) is 5.41 Å². The van der Waals surface area contributed by atoms with Crippen molar-refractivity contribution < 1.29 is 19.1 Å². The van der Waals surface area contributed by atoms with Crippen LogP contribution in [-0.4, -0.2) is 32.8 Å². The maximum absolute atomic E-state index is 13.2. The van der Waals surface area contributed by atoms with E-state index in [-0.39, 0.29) is 36.5 Å². The van der Waals surface area contributed by atoms with Crippen LogP contribution in [-0.2, 0) is 9.59 Å². The van der Waals surface area contributed by atoms with Crippen molar-refractivity contribution in [3.05, 3.63) is 59.2 Å². The van der Waals surface area contributed by atoms with Crippen LogP contribution in [0.1, 0.15) is 56.0 Å². The second-order valence-corrected chi connectivity index (χ2v) is 8.79. The van der Waals surface area contributed by atoms with E-state index in [1.54, 1.807) is 26.0 Å². The first kappa shape index (κ1) is 21.7. The summed E-state index contributed by atoms with van der Waals surface area (Å²) in [6, 6.07) is 6.13. The summed E-state index contributed by atoms with van der Waals surface area (Å²) in [4.78, 5) is 23.4. The second kappa shape index (κ2) is 8.42. The zero-order valence-electron chi connectivity index (χ0n) is 17.8. The molecule has 0 bridgehead atoms. The lowest BCUT2D eigenvalue weighted by Gasteiger charge is -2.23. The van der Waals surface area contributed by atoms with E-state index in [9.17, 15) is 14.0 Å². The van der Waals surface area contributed by atoms with Gasteiger partial charge in [0, 0.05) is 29.6 Å². The van der Waals surface area contributed by atoms with Gasteiger partial charge in [0.15, 0.2) is 0 Å². The van der Waals surface area contributed by atoms with Gasteiger partial charge >= 0.3 is 5.97 Å². The molecule has 3 rings (SSSR count). The quantitative estimate of drug-likeness (QED) is 0.671. The molecule has 0 radical (unpaired) electrons. The smallest absolute Gasteiger partial charge is 0.303 e. The topological polar surface area (TPSA) is 84.2 Å². The van der Waals surface area contributed by atoms with Crippen LogP contribution < -0.4 is 5.32 Å². The average Bonchev–Trinajstić information content (AvgIpc) is 3.17. The molecule has 7 heteroatoms. The fourth-order valence-electron chi connectivity index (χ4n) is 4.21. The summed E-state index contributed by atoms with van der Waals surface area (Å²) in [5.74, 6) is -1.22. The number of carbonyl (C=O) groups excluding carboxylic acids is 1. The summed E-state index contributed by atoms with van der Waals surface area (Å²) in [7, 11) is 0. The predicted octanol–water partition coefficient (Wildman–Crippen LogP) is 4.05. The fourth-order valence-corrected chi connectivity index (χ4v) is 4.21. The van der Waals surface area contributed by atoms with Gasteiger partial charge in [0.2, 0.25) is 5.91 Å². The lowest BCUT2D eigenvalue weighted by Crippen LogP contribution is -2.36. The molecule has 0 aliphatic heterocycles. The predicted molar refractivity (Wildman–Crippen MR) is 112 cm³/mol. The number of aliphatic carboxylic acids is 1. The molecule has 0 unspecified atom stereocenters. The third-order valence-electron chi connectivity index (χ3n) is 5.49. The molecule has 6 nitrogen and oxygen atoms in total.